The maximum atomic E-state index is 12.0. The minimum absolute atomic E-state index is 0.0828. The normalized spacial score (nSPS) is 10.1. The van der Waals surface area contributed by atoms with E-state index in [4.69, 9.17) is 0 Å². The summed E-state index contributed by atoms with van der Waals surface area (Å²) in [6.45, 7) is 0. The molecule has 0 fully saturated rings. The number of thiazole rings is 1. The Morgan fingerprint density at radius 2 is 2.30 bits per heavy atom. The Morgan fingerprint density at radius 1 is 1.50 bits per heavy atom. The number of carbonyl (C=O) groups is 2. The standard InChI is InChI=1S/C12H10BrN3O3S/c1-19-9(17)5-7-6-20-12(15-7)16-11(18)8-3-2-4-14-10(8)13/h2-4,6H,5H2,1H3,(H,15,16,18). The average Bonchev–Trinajstić information content (AvgIpc) is 2.86. The van der Waals surface area contributed by atoms with Gasteiger partial charge in [0.15, 0.2) is 5.13 Å². The van der Waals surface area contributed by atoms with Gasteiger partial charge in [-0.15, -0.1) is 11.3 Å². The van der Waals surface area contributed by atoms with E-state index < -0.39 is 0 Å². The zero-order chi connectivity index (χ0) is 14.5. The molecule has 6 nitrogen and oxygen atoms in total. The van der Waals surface area contributed by atoms with E-state index in [-0.39, 0.29) is 18.3 Å². The second kappa shape index (κ2) is 6.58. The molecule has 1 N–H and O–H groups in total. The Labute approximate surface area is 127 Å². The van der Waals surface area contributed by atoms with Crippen LogP contribution in [0.15, 0.2) is 28.3 Å². The minimum atomic E-state index is -0.372. The lowest BCUT2D eigenvalue weighted by molar-refractivity contribution is -0.139. The number of aromatic nitrogens is 2. The summed E-state index contributed by atoms with van der Waals surface area (Å²) in [5, 5.41) is 4.78. The highest BCUT2D eigenvalue weighted by Crippen LogP contribution is 2.19. The summed E-state index contributed by atoms with van der Waals surface area (Å²) in [7, 11) is 1.32. The van der Waals surface area contributed by atoms with Gasteiger partial charge in [-0.05, 0) is 28.1 Å². The van der Waals surface area contributed by atoms with E-state index in [0.717, 1.165) is 0 Å². The number of carbonyl (C=O) groups excluding carboxylic acids is 2. The minimum Gasteiger partial charge on any atom is -0.469 e. The van der Waals surface area contributed by atoms with Crippen molar-refractivity contribution in [3.8, 4) is 0 Å². The lowest BCUT2D eigenvalue weighted by atomic mass is 10.3. The molecule has 0 aromatic carbocycles. The quantitative estimate of drug-likeness (QED) is 0.671. The van der Waals surface area contributed by atoms with Crippen molar-refractivity contribution < 1.29 is 14.3 Å². The maximum absolute atomic E-state index is 12.0. The van der Waals surface area contributed by atoms with Crippen molar-refractivity contribution >= 4 is 44.3 Å². The van der Waals surface area contributed by atoms with Gasteiger partial charge in [-0.2, -0.15) is 0 Å². The predicted octanol–water partition coefficient (Wildman–Crippen LogP) is 2.27. The van der Waals surface area contributed by atoms with Crippen molar-refractivity contribution in [2.75, 3.05) is 12.4 Å². The molecule has 20 heavy (non-hydrogen) atoms. The average molecular weight is 356 g/mol. The topological polar surface area (TPSA) is 81.2 Å². The van der Waals surface area contributed by atoms with Crippen LogP contribution in [0.2, 0.25) is 0 Å². The van der Waals surface area contributed by atoms with Gasteiger partial charge in [-0.3, -0.25) is 14.9 Å². The number of nitrogens with one attached hydrogen (secondary N) is 1. The summed E-state index contributed by atoms with van der Waals surface area (Å²) in [5.74, 6) is -0.688. The number of hydrogen-bond donors (Lipinski definition) is 1. The zero-order valence-corrected chi connectivity index (χ0v) is 12.8. The van der Waals surface area contributed by atoms with Crippen LogP contribution in [0.1, 0.15) is 16.1 Å². The van der Waals surface area contributed by atoms with Gasteiger partial charge in [0.2, 0.25) is 0 Å². The van der Waals surface area contributed by atoms with Gasteiger partial charge in [0.25, 0.3) is 5.91 Å². The molecule has 0 atom stereocenters. The van der Waals surface area contributed by atoms with Crippen LogP contribution >= 0.6 is 27.3 Å². The van der Waals surface area contributed by atoms with Gasteiger partial charge in [-0.1, -0.05) is 0 Å². The molecule has 0 aliphatic rings. The van der Waals surface area contributed by atoms with Gasteiger partial charge in [0.05, 0.1) is 24.8 Å². The second-order valence-corrected chi connectivity index (χ2v) is 5.30. The predicted molar refractivity (Wildman–Crippen MR) is 77.7 cm³/mol. The molecule has 0 bridgehead atoms. The summed E-state index contributed by atoms with van der Waals surface area (Å²) in [6.07, 6.45) is 1.66. The van der Waals surface area contributed by atoms with Gasteiger partial charge in [0.1, 0.15) is 4.60 Å². The molecule has 8 heteroatoms. The number of anilines is 1. The first-order valence-corrected chi connectivity index (χ1v) is 7.20. The monoisotopic (exact) mass is 355 g/mol. The first-order chi connectivity index (χ1) is 9.60. The number of halogens is 1. The van der Waals surface area contributed by atoms with Crippen molar-refractivity contribution in [2.24, 2.45) is 0 Å². The highest BCUT2D eigenvalue weighted by molar-refractivity contribution is 9.10. The number of nitrogens with zero attached hydrogens (tertiary/aromatic N) is 2. The summed E-state index contributed by atoms with van der Waals surface area (Å²) in [6, 6.07) is 3.32. The fourth-order valence-corrected chi connectivity index (χ4v) is 2.52. The molecule has 0 unspecified atom stereocenters. The lowest BCUT2D eigenvalue weighted by Gasteiger charge is -2.02. The van der Waals surface area contributed by atoms with Crippen LogP contribution in [-0.2, 0) is 16.0 Å². The van der Waals surface area contributed by atoms with Crippen molar-refractivity contribution in [2.45, 2.75) is 6.42 Å². The molecule has 0 saturated heterocycles. The van der Waals surface area contributed by atoms with E-state index in [1.807, 2.05) is 0 Å². The first kappa shape index (κ1) is 14.6. The summed E-state index contributed by atoms with van der Waals surface area (Å²) < 4.78 is 5.02. The molecule has 0 radical (unpaired) electrons. The van der Waals surface area contributed by atoms with Crippen molar-refractivity contribution in [3.05, 3.63) is 39.6 Å². The van der Waals surface area contributed by atoms with Gasteiger partial charge in [0, 0.05) is 11.6 Å². The molecular weight excluding hydrogens is 346 g/mol. The summed E-state index contributed by atoms with van der Waals surface area (Å²) >= 11 is 4.45. The number of ether oxygens (including phenoxy) is 1. The Bertz CT molecular complexity index is 644. The van der Waals surface area contributed by atoms with Gasteiger partial charge in [-0.25, -0.2) is 9.97 Å². The lowest BCUT2D eigenvalue weighted by Crippen LogP contribution is -2.13. The maximum Gasteiger partial charge on any atom is 0.311 e. The van der Waals surface area contributed by atoms with Crippen molar-refractivity contribution in [3.63, 3.8) is 0 Å². The van der Waals surface area contributed by atoms with Crippen LogP contribution in [0.5, 0.6) is 0 Å². The summed E-state index contributed by atoms with van der Waals surface area (Å²) in [5.41, 5.74) is 0.972. The third-order valence-corrected chi connectivity index (χ3v) is 3.77. The van der Waals surface area contributed by atoms with Gasteiger partial charge < -0.3 is 4.74 Å². The fourth-order valence-electron chi connectivity index (χ4n) is 1.39. The molecular formula is C12H10BrN3O3S. The number of rotatable bonds is 4. The largest absolute Gasteiger partial charge is 0.469 e. The molecule has 2 aromatic heterocycles. The SMILES string of the molecule is COC(=O)Cc1csc(NC(=O)c2cccnc2Br)n1. The smallest absolute Gasteiger partial charge is 0.311 e. The number of esters is 1. The third-order valence-electron chi connectivity index (χ3n) is 2.33. The van der Waals surface area contributed by atoms with Crippen LogP contribution in [0.4, 0.5) is 5.13 Å². The van der Waals surface area contributed by atoms with Crippen molar-refractivity contribution in [1.82, 2.24) is 9.97 Å². The zero-order valence-electron chi connectivity index (χ0n) is 10.4. The number of methoxy groups -OCH3 is 1. The fraction of sp³-hybridized carbons (Fsp3) is 0.167. The molecule has 1 amide bonds. The molecule has 104 valence electrons. The third kappa shape index (κ3) is 3.61. The van der Waals surface area contributed by atoms with Crippen molar-refractivity contribution in [1.29, 1.82) is 0 Å². The van der Waals surface area contributed by atoms with E-state index in [2.05, 4.69) is 36.0 Å². The molecule has 2 aromatic rings. The van der Waals surface area contributed by atoms with E-state index in [1.165, 1.54) is 18.4 Å². The van der Waals surface area contributed by atoms with E-state index >= 15 is 0 Å². The van der Waals surface area contributed by atoms with E-state index in [0.29, 0.717) is 21.0 Å². The summed E-state index contributed by atoms with van der Waals surface area (Å²) in [4.78, 5) is 31.3. The first-order valence-electron chi connectivity index (χ1n) is 5.53. The Hall–Kier alpha value is -1.80. The van der Waals surface area contributed by atoms with Crippen LogP contribution < -0.4 is 5.32 Å². The second-order valence-electron chi connectivity index (χ2n) is 3.69. The van der Waals surface area contributed by atoms with Gasteiger partial charge >= 0.3 is 5.97 Å². The molecule has 2 rings (SSSR count). The Morgan fingerprint density at radius 3 is 3.00 bits per heavy atom. The molecule has 0 saturated carbocycles. The van der Waals surface area contributed by atoms with Crippen LogP contribution in [-0.4, -0.2) is 29.0 Å². The highest BCUT2D eigenvalue weighted by atomic mass is 79.9. The Balaban J connectivity index is 2.05. The number of hydrogen-bond acceptors (Lipinski definition) is 6. The van der Waals surface area contributed by atoms with E-state index in [9.17, 15) is 9.59 Å². The molecule has 0 aliphatic carbocycles. The molecule has 0 spiro atoms. The van der Waals surface area contributed by atoms with Crippen LogP contribution in [0, 0.1) is 0 Å². The Kier molecular flexibility index (Phi) is 4.80. The number of pyridine rings is 1. The van der Waals surface area contributed by atoms with E-state index in [1.54, 1.807) is 23.7 Å². The van der Waals surface area contributed by atoms with Crippen LogP contribution in [0.3, 0.4) is 0 Å². The van der Waals surface area contributed by atoms with Crippen LogP contribution in [0.25, 0.3) is 0 Å². The number of amides is 1. The molecule has 0 aliphatic heterocycles. The highest BCUT2D eigenvalue weighted by Gasteiger charge is 2.13. The molecule has 2 heterocycles.